The lowest BCUT2D eigenvalue weighted by Crippen LogP contribution is -2.43. The van der Waals surface area contributed by atoms with Gasteiger partial charge in [-0.15, -0.1) is 25.6 Å². The molecule has 28 heavy (non-hydrogen) atoms. The number of anilines is 1. The highest BCUT2D eigenvalue weighted by atomic mass is 35.5. The van der Waals surface area contributed by atoms with Gasteiger partial charge in [-0.3, -0.25) is 9.21 Å². The van der Waals surface area contributed by atoms with Gasteiger partial charge in [-0.1, -0.05) is 0 Å². The van der Waals surface area contributed by atoms with E-state index in [0.29, 0.717) is 26.3 Å². The first kappa shape index (κ1) is 24.3. The van der Waals surface area contributed by atoms with E-state index in [0.717, 1.165) is 28.8 Å². The van der Waals surface area contributed by atoms with Crippen LogP contribution in [0.3, 0.4) is 0 Å². The molecule has 0 radical (unpaired) electrons. The summed E-state index contributed by atoms with van der Waals surface area (Å²) in [5.41, 5.74) is -0.845. The van der Waals surface area contributed by atoms with Gasteiger partial charge in [0.15, 0.2) is 5.75 Å². The molecule has 1 aliphatic rings. The summed E-state index contributed by atoms with van der Waals surface area (Å²) in [6, 6.07) is 2.55. The number of carbonyl (C=O) groups is 1. The predicted molar refractivity (Wildman–Crippen MR) is 96.8 cm³/mol. The third kappa shape index (κ3) is 7.00. The molecule has 0 spiro atoms. The quantitative estimate of drug-likeness (QED) is 0.679. The van der Waals surface area contributed by atoms with Crippen molar-refractivity contribution in [3.8, 4) is 5.75 Å². The van der Waals surface area contributed by atoms with Gasteiger partial charge in [0.25, 0.3) is 0 Å². The fraction of sp³-hybridized carbons (Fsp3) is 0.533. The molecule has 1 fully saturated rings. The Bertz CT molecular complexity index is 784. The predicted octanol–water partition coefficient (Wildman–Crippen LogP) is 1.80. The smallest absolute Gasteiger partial charge is 0.478 e. The van der Waals surface area contributed by atoms with Gasteiger partial charge in [0.05, 0.1) is 30.7 Å². The molecule has 0 aliphatic carbocycles. The number of carboxylic acids is 1. The molecule has 0 amide bonds. The van der Waals surface area contributed by atoms with Gasteiger partial charge < -0.3 is 14.6 Å². The fourth-order valence-corrected chi connectivity index (χ4v) is 3.49. The summed E-state index contributed by atoms with van der Waals surface area (Å²) in [5.74, 6) is -2.20. The highest BCUT2D eigenvalue weighted by Crippen LogP contribution is 2.35. The number of rotatable bonds is 7. The summed E-state index contributed by atoms with van der Waals surface area (Å²) in [6.07, 6.45) is -4.23. The Morgan fingerprint density at radius 1 is 1.32 bits per heavy atom. The maximum absolute atomic E-state index is 12.7. The summed E-state index contributed by atoms with van der Waals surface area (Å²) in [7, 11) is -4.00. The molecule has 0 atom stereocenters. The van der Waals surface area contributed by atoms with Crippen LogP contribution in [-0.4, -0.2) is 76.4 Å². The number of ether oxygens (including phenoxy) is 2. The van der Waals surface area contributed by atoms with Gasteiger partial charge in [-0.05, 0) is 18.2 Å². The summed E-state index contributed by atoms with van der Waals surface area (Å²) in [4.78, 5) is 13.1. The second kappa shape index (κ2) is 9.63. The summed E-state index contributed by atoms with van der Waals surface area (Å²) >= 11 is 0. The van der Waals surface area contributed by atoms with E-state index in [9.17, 15) is 26.4 Å². The van der Waals surface area contributed by atoms with Crippen molar-refractivity contribution in [1.82, 2.24) is 4.90 Å². The van der Waals surface area contributed by atoms with Crippen molar-refractivity contribution in [2.45, 2.75) is 6.36 Å². The number of hydrogen-bond acceptors (Lipinski definition) is 6. The van der Waals surface area contributed by atoms with Crippen molar-refractivity contribution in [2.75, 3.05) is 50.0 Å². The van der Waals surface area contributed by atoms with Crippen molar-refractivity contribution >= 4 is 34.1 Å². The topological polar surface area (TPSA) is 96.4 Å². The number of sulfonamides is 1. The molecule has 13 heteroatoms. The van der Waals surface area contributed by atoms with Crippen LogP contribution in [-0.2, 0) is 14.8 Å². The van der Waals surface area contributed by atoms with Crippen molar-refractivity contribution in [3.63, 3.8) is 0 Å². The number of carboxylic acid groups (broad SMARTS) is 1. The Hall–Kier alpha value is -1.76. The molecule has 160 valence electrons. The molecule has 1 heterocycles. The maximum atomic E-state index is 12.7. The van der Waals surface area contributed by atoms with E-state index in [2.05, 4.69) is 4.74 Å². The largest absolute Gasteiger partial charge is 0.573 e. The zero-order valence-electron chi connectivity index (χ0n) is 14.8. The monoisotopic (exact) mass is 448 g/mol. The van der Waals surface area contributed by atoms with E-state index < -0.39 is 33.8 Å². The Kier molecular flexibility index (Phi) is 8.35. The lowest BCUT2D eigenvalue weighted by molar-refractivity contribution is -0.274. The van der Waals surface area contributed by atoms with E-state index >= 15 is 0 Å². The lowest BCUT2D eigenvalue weighted by Gasteiger charge is -2.30. The molecule has 1 aromatic rings. The molecule has 1 saturated heterocycles. The molecule has 0 bridgehead atoms. The van der Waals surface area contributed by atoms with Crippen LogP contribution in [0.1, 0.15) is 10.4 Å². The lowest BCUT2D eigenvalue weighted by atomic mass is 10.2. The van der Waals surface area contributed by atoms with Crippen molar-refractivity contribution in [1.29, 1.82) is 0 Å². The molecule has 1 aliphatic heterocycles. The minimum Gasteiger partial charge on any atom is -0.478 e. The number of aromatic carboxylic acids is 1. The molecule has 8 nitrogen and oxygen atoms in total. The van der Waals surface area contributed by atoms with Gasteiger partial charge >= 0.3 is 12.3 Å². The second-order valence-electron chi connectivity index (χ2n) is 5.82. The average molecular weight is 449 g/mol. The van der Waals surface area contributed by atoms with Crippen LogP contribution in [0.15, 0.2) is 18.2 Å². The normalized spacial score (nSPS) is 15.6. The highest BCUT2D eigenvalue weighted by Gasteiger charge is 2.34. The first-order chi connectivity index (χ1) is 12.5. The fourth-order valence-electron chi connectivity index (χ4n) is 2.58. The first-order valence-electron chi connectivity index (χ1n) is 7.88. The maximum Gasteiger partial charge on any atom is 0.573 e. The van der Waals surface area contributed by atoms with Crippen LogP contribution in [0.25, 0.3) is 0 Å². The third-order valence-corrected chi connectivity index (χ3v) is 5.00. The van der Waals surface area contributed by atoms with Crippen LogP contribution < -0.4 is 9.04 Å². The molecule has 0 aromatic heterocycles. The van der Waals surface area contributed by atoms with Crippen LogP contribution >= 0.6 is 12.4 Å². The summed E-state index contributed by atoms with van der Waals surface area (Å²) in [6.45, 7) is 2.11. The Morgan fingerprint density at radius 2 is 1.93 bits per heavy atom. The number of halogens is 4. The molecule has 2 rings (SSSR count). The van der Waals surface area contributed by atoms with E-state index in [1.165, 1.54) is 0 Å². The van der Waals surface area contributed by atoms with Gasteiger partial charge in [0, 0.05) is 26.2 Å². The van der Waals surface area contributed by atoms with Crippen LogP contribution in [0.5, 0.6) is 5.75 Å². The molecular formula is C15H20ClF3N2O6S. The van der Waals surface area contributed by atoms with E-state index in [-0.39, 0.29) is 31.1 Å². The number of hydrogen-bond donors (Lipinski definition) is 1. The molecule has 1 N–H and O–H groups in total. The van der Waals surface area contributed by atoms with Crippen molar-refractivity contribution in [3.05, 3.63) is 23.8 Å². The number of morpholine rings is 1. The van der Waals surface area contributed by atoms with Crippen LogP contribution in [0, 0.1) is 0 Å². The van der Waals surface area contributed by atoms with E-state index in [4.69, 9.17) is 9.84 Å². The van der Waals surface area contributed by atoms with Crippen LogP contribution in [0.2, 0.25) is 0 Å². The number of benzene rings is 1. The van der Waals surface area contributed by atoms with Crippen molar-refractivity contribution in [2.24, 2.45) is 0 Å². The third-order valence-electron chi connectivity index (χ3n) is 3.82. The number of nitrogens with zero attached hydrogens (tertiary/aromatic N) is 2. The number of alkyl halides is 3. The van der Waals surface area contributed by atoms with Crippen LogP contribution in [0.4, 0.5) is 18.9 Å². The summed E-state index contributed by atoms with van der Waals surface area (Å²) < 4.78 is 72.3. The van der Waals surface area contributed by atoms with Gasteiger partial charge in [0.1, 0.15) is 0 Å². The first-order valence-corrected chi connectivity index (χ1v) is 9.73. The zero-order chi connectivity index (χ0) is 20.2. The SMILES string of the molecule is CS(=O)(=O)N(CCN1CCOCC1)c1cc(C(=O)O)ccc1OC(F)(F)F.Cl. The zero-order valence-corrected chi connectivity index (χ0v) is 16.4. The Labute approximate surface area is 166 Å². The highest BCUT2D eigenvalue weighted by molar-refractivity contribution is 7.92. The second-order valence-corrected chi connectivity index (χ2v) is 7.73. The molecule has 0 saturated carbocycles. The Balaban J connectivity index is 0.00000392. The average Bonchev–Trinajstić information content (AvgIpc) is 2.54. The van der Waals surface area contributed by atoms with E-state index in [1.54, 1.807) is 0 Å². The van der Waals surface area contributed by atoms with Gasteiger partial charge in [-0.2, -0.15) is 0 Å². The minimum absolute atomic E-state index is 0. The van der Waals surface area contributed by atoms with E-state index in [1.807, 2.05) is 4.90 Å². The standard InChI is InChI=1S/C15H19F3N2O6S.ClH/c1-27(23,24)20(5-4-19-6-8-25-9-7-19)12-10-11(14(21)22)2-3-13(12)26-15(16,17)18;/h2-3,10H,4-9H2,1H3,(H,21,22);1H. The van der Waals surface area contributed by atoms with Gasteiger partial charge in [0.2, 0.25) is 10.0 Å². The molecular weight excluding hydrogens is 429 g/mol. The Morgan fingerprint density at radius 3 is 2.43 bits per heavy atom. The summed E-state index contributed by atoms with van der Waals surface area (Å²) in [5, 5.41) is 9.10. The molecule has 0 unspecified atom stereocenters. The molecule has 1 aromatic carbocycles. The van der Waals surface area contributed by atoms with Gasteiger partial charge in [-0.25, -0.2) is 13.2 Å². The van der Waals surface area contributed by atoms with Crippen molar-refractivity contribution < 1.29 is 41.0 Å². The minimum atomic E-state index is -5.06.